The maximum atomic E-state index is 6.00. The molecule has 0 aliphatic carbocycles. The molecule has 0 unspecified atom stereocenters. The van der Waals surface area contributed by atoms with Crippen LogP contribution in [-0.4, -0.2) is 13.7 Å². The first-order valence-corrected chi connectivity index (χ1v) is 5.24. The highest BCUT2D eigenvalue weighted by Gasteiger charge is 2.08. The lowest BCUT2D eigenvalue weighted by molar-refractivity contribution is 0.319. The number of ether oxygens (including phenoxy) is 1. The largest absolute Gasteiger partial charge is 0.490 e. The number of hydrogen-bond donors (Lipinski definition) is 1. The van der Waals surface area contributed by atoms with E-state index in [0.717, 1.165) is 12.1 Å². The zero-order chi connectivity index (χ0) is 10.6. The summed E-state index contributed by atoms with van der Waals surface area (Å²) >= 11 is 11.9. The van der Waals surface area contributed by atoms with Gasteiger partial charge in [0.15, 0.2) is 5.75 Å². The molecule has 14 heavy (non-hydrogen) atoms. The average molecular weight is 234 g/mol. The number of rotatable bonds is 4. The van der Waals surface area contributed by atoms with Gasteiger partial charge in [-0.25, -0.2) is 0 Å². The summed E-state index contributed by atoms with van der Waals surface area (Å²) in [4.78, 5) is 0. The molecule has 0 atom stereocenters. The van der Waals surface area contributed by atoms with Gasteiger partial charge in [-0.05, 0) is 18.6 Å². The minimum atomic E-state index is 0.537. The number of nitrogens with one attached hydrogen (secondary N) is 1. The van der Waals surface area contributed by atoms with Crippen molar-refractivity contribution in [1.82, 2.24) is 0 Å². The number of hydrogen-bond acceptors (Lipinski definition) is 2. The Bertz CT molecular complexity index is 315. The minimum absolute atomic E-state index is 0.537. The molecule has 1 N–H and O–H groups in total. The minimum Gasteiger partial charge on any atom is -0.490 e. The van der Waals surface area contributed by atoms with Crippen LogP contribution in [0.25, 0.3) is 0 Å². The summed E-state index contributed by atoms with van der Waals surface area (Å²) in [7, 11) is 1.81. The fraction of sp³-hybridized carbons (Fsp3) is 0.400. The van der Waals surface area contributed by atoms with Crippen molar-refractivity contribution in [2.75, 3.05) is 19.0 Å². The van der Waals surface area contributed by atoms with E-state index in [-0.39, 0.29) is 0 Å². The monoisotopic (exact) mass is 233 g/mol. The Morgan fingerprint density at radius 3 is 2.64 bits per heavy atom. The molecule has 0 fully saturated rings. The third kappa shape index (κ3) is 2.69. The lowest BCUT2D eigenvalue weighted by Gasteiger charge is -2.12. The van der Waals surface area contributed by atoms with E-state index in [0.29, 0.717) is 22.4 Å². The highest BCUT2D eigenvalue weighted by Crippen LogP contribution is 2.36. The first kappa shape index (κ1) is 11.5. The molecule has 0 aliphatic rings. The van der Waals surface area contributed by atoms with Crippen LogP contribution < -0.4 is 10.1 Å². The molecular weight excluding hydrogens is 221 g/mol. The smallest absolute Gasteiger partial charge is 0.161 e. The number of benzene rings is 1. The first-order chi connectivity index (χ1) is 6.69. The van der Waals surface area contributed by atoms with E-state index in [1.807, 2.05) is 6.92 Å². The van der Waals surface area contributed by atoms with Gasteiger partial charge in [-0.2, -0.15) is 0 Å². The highest BCUT2D eigenvalue weighted by molar-refractivity contribution is 6.36. The van der Waals surface area contributed by atoms with Crippen LogP contribution in [0.4, 0.5) is 5.69 Å². The van der Waals surface area contributed by atoms with Crippen LogP contribution in [-0.2, 0) is 0 Å². The molecule has 0 amide bonds. The molecule has 0 spiro atoms. The SMILES string of the molecule is CCCOc1c(Cl)cc(Cl)cc1NC. The van der Waals surface area contributed by atoms with E-state index in [4.69, 9.17) is 27.9 Å². The van der Waals surface area contributed by atoms with Crippen molar-refractivity contribution in [2.45, 2.75) is 13.3 Å². The molecule has 78 valence electrons. The molecule has 0 aliphatic heterocycles. The molecule has 0 saturated carbocycles. The Kier molecular flexibility index (Phi) is 4.36. The normalized spacial score (nSPS) is 10.0. The van der Waals surface area contributed by atoms with Gasteiger partial charge in [-0.3, -0.25) is 0 Å². The molecular formula is C10H13Cl2NO. The summed E-state index contributed by atoms with van der Waals surface area (Å²) < 4.78 is 5.51. The molecule has 1 aromatic carbocycles. The van der Waals surface area contributed by atoms with Gasteiger partial charge in [0.1, 0.15) is 0 Å². The molecule has 0 radical (unpaired) electrons. The first-order valence-electron chi connectivity index (χ1n) is 4.48. The molecule has 0 heterocycles. The highest BCUT2D eigenvalue weighted by atomic mass is 35.5. The summed E-state index contributed by atoms with van der Waals surface area (Å²) in [5.74, 6) is 0.667. The molecule has 1 aromatic rings. The van der Waals surface area contributed by atoms with Crippen molar-refractivity contribution >= 4 is 28.9 Å². The average Bonchev–Trinajstić information content (AvgIpc) is 2.15. The van der Waals surface area contributed by atoms with Crippen molar-refractivity contribution in [1.29, 1.82) is 0 Å². The quantitative estimate of drug-likeness (QED) is 0.854. The van der Waals surface area contributed by atoms with Gasteiger partial charge < -0.3 is 10.1 Å². The second kappa shape index (κ2) is 5.32. The summed E-state index contributed by atoms with van der Waals surface area (Å²) in [6.07, 6.45) is 0.947. The van der Waals surface area contributed by atoms with Gasteiger partial charge in [-0.1, -0.05) is 30.1 Å². The number of anilines is 1. The van der Waals surface area contributed by atoms with Gasteiger partial charge in [0, 0.05) is 12.1 Å². The van der Waals surface area contributed by atoms with Crippen molar-refractivity contribution in [3.8, 4) is 5.75 Å². The van der Waals surface area contributed by atoms with Crippen molar-refractivity contribution in [3.63, 3.8) is 0 Å². The predicted octanol–water partition coefficient (Wildman–Crippen LogP) is 3.82. The third-order valence-corrected chi connectivity index (χ3v) is 2.23. The third-order valence-electron chi connectivity index (χ3n) is 1.73. The molecule has 4 heteroatoms. The Hall–Kier alpha value is -0.600. The second-order valence-electron chi connectivity index (χ2n) is 2.86. The lowest BCUT2D eigenvalue weighted by atomic mass is 10.3. The predicted molar refractivity (Wildman–Crippen MR) is 61.8 cm³/mol. The van der Waals surface area contributed by atoms with Crippen LogP contribution in [0.2, 0.25) is 10.0 Å². The van der Waals surface area contributed by atoms with E-state index >= 15 is 0 Å². The van der Waals surface area contributed by atoms with Crippen molar-refractivity contribution in [2.24, 2.45) is 0 Å². The lowest BCUT2D eigenvalue weighted by Crippen LogP contribution is -2.00. The van der Waals surface area contributed by atoms with Crippen LogP contribution in [0.5, 0.6) is 5.75 Å². The maximum Gasteiger partial charge on any atom is 0.161 e. The Morgan fingerprint density at radius 2 is 2.07 bits per heavy atom. The van der Waals surface area contributed by atoms with Gasteiger partial charge in [0.2, 0.25) is 0 Å². The second-order valence-corrected chi connectivity index (χ2v) is 3.71. The van der Waals surface area contributed by atoms with Crippen molar-refractivity contribution in [3.05, 3.63) is 22.2 Å². The molecule has 1 rings (SSSR count). The van der Waals surface area contributed by atoms with E-state index in [1.165, 1.54) is 0 Å². The summed E-state index contributed by atoms with van der Waals surface area (Å²) in [6, 6.07) is 3.47. The zero-order valence-corrected chi connectivity index (χ0v) is 9.74. The maximum absolute atomic E-state index is 6.00. The van der Waals surface area contributed by atoms with Crippen LogP contribution >= 0.6 is 23.2 Å². The van der Waals surface area contributed by atoms with Crippen LogP contribution in [0.3, 0.4) is 0 Å². The molecule has 2 nitrogen and oxygen atoms in total. The number of halogens is 2. The van der Waals surface area contributed by atoms with Crippen LogP contribution in [0.15, 0.2) is 12.1 Å². The standard InChI is InChI=1S/C10H13Cl2NO/c1-3-4-14-10-8(12)5-7(11)6-9(10)13-2/h5-6,13H,3-4H2,1-2H3. The van der Waals surface area contributed by atoms with Gasteiger partial charge in [0.25, 0.3) is 0 Å². The summed E-state index contributed by atoms with van der Waals surface area (Å²) in [5, 5.41) is 4.13. The van der Waals surface area contributed by atoms with Gasteiger partial charge >= 0.3 is 0 Å². The Balaban J connectivity index is 2.99. The Morgan fingerprint density at radius 1 is 1.36 bits per heavy atom. The fourth-order valence-corrected chi connectivity index (χ4v) is 1.64. The Labute approximate surface area is 94.2 Å². The van der Waals surface area contributed by atoms with Gasteiger partial charge in [-0.15, -0.1) is 0 Å². The summed E-state index contributed by atoms with van der Waals surface area (Å²) in [5.41, 5.74) is 0.816. The van der Waals surface area contributed by atoms with Gasteiger partial charge in [0.05, 0.1) is 17.3 Å². The molecule has 0 aromatic heterocycles. The molecule has 0 saturated heterocycles. The van der Waals surface area contributed by atoms with E-state index < -0.39 is 0 Å². The van der Waals surface area contributed by atoms with E-state index in [9.17, 15) is 0 Å². The van der Waals surface area contributed by atoms with Crippen molar-refractivity contribution < 1.29 is 4.74 Å². The summed E-state index contributed by atoms with van der Waals surface area (Å²) in [6.45, 7) is 2.69. The topological polar surface area (TPSA) is 21.3 Å². The van der Waals surface area contributed by atoms with E-state index in [1.54, 1.807) is 19.2 Å². The van der Waals surface area contributed by atoms with Crippen LogP contribution in [0, 0.1) is 0 Å². The van der Waals surface area contributed by atoms with Crippen LogP contribution in [0.1, 0.15) is 13.3 Å². The van der Waals surface area contributed by atoms with E-state index in [2.05, 4.69) is 5.32 Å². The fourth-order valence-electron chi connectivity index (χ4n) is 1.10. The molecule has 0 bridgehead atoms. The zero-order valence-electron chi connectivity index (χ0n) is 8.23.